The average molecular weight is 259 g/mol. The number of benzene rings is 1. The maximum absolute atomic E-state index is 5.95. The van der Waals surface area contributed by atoms with Gasteiger partial charge < -0.3 is 10.2 Å². The molecule has 0 spiro atoms. The Morgan fingerprint density at radius 1 is 1.44 bits per heavy atom. The van der Waals surface area contributed by atoms with E-state index in [0.717, 1.165) is 24.2 Å². The molecule has 86 valence electrons. The van der Waals surface area contributed by atoms with Gasteiger partial charge in [0.05, 0.1) is 15.8 Å². The van der Waals surface area contributed by atoms with Gasteiger partial charge in [-0.15, -0.1) is 0 Å². The number of rotatable bonds is 3. The van der Waals surface area contributed by atoms with Gasteiger partial charge in [-0.1, -0.05) is 34.4 Å². The van der Waals surface area contributed by atoms with Gasteiger partial charge >= 0.3 is 0 Å². The van der Waals surface area contributed by atoms with Crippen molar-refractivity contribution in [2.45, 2.75) is 12.5 Å². The maximum Gasteiger partial charge on any atom is 0.145 e. The summed E-state index contributed by atoms with van der Waals surface area (Å²) in [4.78, 5) is 5.28. The number of hydrogen-bond acceptors (Lipinski definition) is 3. The average Bonchev–Trinajstić information content (AvgIpc) is 2.71. The molecule has 0 radical (unpaired) electrons. The Kier molecular flexibility index (Phi) is 3.69. The second kappa shape index (κ2) is 5.04. The molecule has 1 aromatic rings. The van der Waals surface area contributed by atoms with Crippen LogP contribution in [0.3, 0.4) is 0 Å². The fourth-order valence-electron chi connectivity index (χ4n) is 1.61. The minimum Gasteiger partial charge on any atom is -0.390 e. The first kappa shape index (κ1) is 11.7. The summed E-state index contributed by atoms with van der Waals surface area (Å²) in [6.45, 7) is 0.786. The Morgan fingerprint density at radius 2 is 2.25 bits per heavy atom. The van der Waals surface area contributed by atoms with Crippen LogP contribution in [-0.4, -0.2) is 25.4 Å². The van der Waals surface area contributed by atoms with Crippen molar-refractivity contribution in [2.24, 2.45) is 5.16 Å². The van der Waals surface area contributed by atoms with E-state index in [2.05, 4.69) is 10.5 Å². The van der Waals surface area contributed by atoms with Crippen molar-refractivity contribution in [3.63, 3.8) is 0 Å². The highest BCUT2D eigenvalue weighted by molar-refractivity contribution is 6.42. The van der Waals surface area contributed by atoms with Crippen LogP contribution in [0.2, 0.25) is 10.0 Å². The summed E-state index contributed by atoms with van der Waals surface area (Å²) in [5.74, 6) is 0. The number of likely N-dealkylation sites (N-methyl/N-ethyl adjacent to an activating group) is 1. The Hall–Kier alpha value is -0.770. The summed E-state index contributed by atoms with van der Waals surface area (Å²) in [6.07, 6.45) is 0.896. The van der Waals surface area contributed by atoms with Crippen LogP contribution in [0.5, 0.6) is 0 Å². The topological polar surface area (TPSA) is 33.6 Å². The van der Waals surface area contributed by atoms with Gasteiger partial charge in [0.25, 0.3) is 0 Å². The van der Waals surface area contributed by atoms with E-state index in [-0.39, 0.29) is 6.10 Å². The molecule has 0 amide bonds. The van der Waals surface area contributed by atoms with Crippen molar-refractivity contribution >= 4 is 28.9 Å². The number of halogens is 2. The molecule has 1 heterocycles. The van der Waals surface area contributed by atoms with E-state index in [1.54, 1.807) is 6.07 Å². The summed E-state index contributed by atoms with van der Waals surface area (Å²) in [7, 11) is 1.89. The number of nitrogens with one attached hydrogen (secondary N) is 1. The van der Waals surface area contributed by atoms with Crippen LogP contribution in [0.15, 0.2) is 23.4 Å². The molecule has 1 aromatic carbocycles. The molecule has 5 heteroatoms. The standard InChI is InChI=1S/C11H12Cl2N2O/c1-14-6-8-5-11(15-16-8)7-2-3-9(12)10(13)4-7/h2-4,8,14H,5-6H2,1H3. The third-order valence-electron chi connectivity index (χ3n) is 2.42. The van der Waals surface area contributed by atoms with Gasteiger partial charge in [-0.3, -0.25) is 0 Å². The molecule has 2 rings (SSSR count). The molecule has 1 atom stereocenters. The van der Waals surface area contributed by atoms with E-state index in [1.165, 1.54) is 0 Å². The van der Waals surface area contributed by atoms with Crippen LogP contribution < -0.4 is 5.32 Å². The monoisotopic (exact) mass is 258 g/mol. The van der Waals surface area contributed by atoms with E-state index >= 15 is 0 Å². The zero-order chi connectivity index (χ0) is 11.5. The molecule has 1 aliphatic rings. The molecule has 0 aliphatic carbocycles. The third-order valence-corrected chi connectivity index (χ3v) is 3.16. The summed E-state index contributed by atoms with van der Waals surface area (Å²) in [5.41, 5.74) is 1.88. The quantitative estimate of drug-likeness (QED) is 0.905. The molecule has 16 heavy (non-hydrogen) atoms. The molecule has 1 aliphatic heterocycles. The second-order valence-corrected chi connectivity index (χ2v) is 4.47. The number of nitrogens with zero attached hydrogens (tertiary/aromatic N) is 1. The van der Waals surface area contributed by atoms with E-state index in [0.29, 0.717) is 10.0 Å². The highest BCUT2D eigenvalue weighted by Crippen LogP contribution is 2.25. The van der Waals surface area contributed by atoms with Crippen molar-refractivity contribution in [3.8, 4) is 0 Å². The van der Waals surface area contributed by atoms with Crippen LogP contribution in [0.25, 0.3) is 0 Å². The van der Waals surface area contributed by atoms with Crippen LogP contribution >= 0.6 is 23.2 Å². The molecule has 0 fully saturated rings. The summed E-state index contributed by atoms with van der Waals surface area (Å²) in [5, 5.41) is 8.20. The molecule has 1 unspecified atom stereocenters. The zero-order valence-electron chi connectivity index (χ0n) is 8.84. The summed E-state index contributed by atoms with van der Waals surface area (Å²) in [6, 6.07) is 5.49. The van der Waals surface area contributed by atoms with E-state index in [1.807, 2.05) is 19.2 Å². The smallest absolute Gasteiger partial charge is 0.145 e. The predicted octanol–water partition coefficient (Wildman–Crippen LogP) is 2.71. The highest BCUT2D eigenvalue weighted by Gasteiger charge is 2.21. The van der Waals surface area contributed by atoms with Gasteiger partial charge in [-0.2, -0.15) is 0 Å². The lowest BCUT2D eigenvalue weighted by Gasteiger charge is -2.05. The molecule has 0 saturated carbocycles. The first-order valence-corrected chi connectivity index (χ1v) is 5.79. The van der Waals surface area contributed by atoms with Gasteiger partial charge in [0, 0.05) is 18.5 Å². The zero-order valence-corrected chi connectivity index (χ0v) is 10.3. The van der Waals surface area contributed by atoms with Crippen LogP contribution in [0, 0.1) is 0 Å². The second-order valence-electron chi connectivity index (χ2n) is 3.66. The summed E-state index contributed by atoms with van der Waals surface area (Å²) < 4.78 is 0. The van der Waals surface area contributed by atoms with E-state index in [4.69, 9.17) is 28.0 Å². The van der Waals surface area contributed by atoms with Gasteiger partial charge in [-0.05, 0) is 19.2 Å². The molecule has 0 saturated heterocycles. The predicted molar refractivity (Wildman–Crippen MR) is 66.4 cm³/mol. The normalized spacial score (nSPS) is 19.4. The lowest BCUT2D eigenvalue weighted by Crippen LogP contribution is -2.23. The van der Waals surface area contributed by atoms with Crippen molar-refractivity contribution < 1.29 is 4.84 Å². The van der Waals surface area contributed by atoms with Crippen LogP contribution in [-0.2, 0) is 4.84 Å². The van der Waals surface area contributed by atoms with Crippen LogP contribution in [0.1, 0.15) is 12.0 Å². The summed E-state index contributed by atoms with van der Waals surface area (Å²) >= 11 is 11.8. The van der Waals surface area contributed by atoms with E-state index < -0.39 is 0 Å². The Balaban J connectivity index is 2.11. The SMILES string of the molecule is CNCC1CC(c2ccc(Cl)c(Cl)c2)=NO1. The van der Waals surface area contributed by atoms with Gasteiger partial charge in [-0.25, -0.2) is 0 Å². The molecular weight excluding hydrogens is 247 g/mol. The fraction of sp³-hybridized carbons (Fsp3) is 0.364. The first-order valence-electron chi connectivity index (χ1n) is 5.03. The van der Waals surface area contributed by atoms with Gasteiger partial charge in [0.1, 0.15) is 6.10 Å². The lowest BCUT2D eigenvalue weighted by atomic mass is 10.1. The Labute approximate surface area is 104 Å². The molecule has 0 bridgehead atoms. The molecule has 1 N–H and O–H groups in total. The van der Waals surface area contributed by atoms with E-state index in [9.17, 15) is 0 Å². The number of hydrogen-bond donors (Lipinski definition) is 1. The lowest BCUT2D eigenvalue weighted by molar-refractivity contribution is 0.0866. The van der Waals surface area contributed by atoms with Gasteiger partial charge in [0.15, 0.2) is 0 Å². The Bertz CT molecular complexity index is 420. The Morgan fingerprint density at radius 3 is 2.94 bits per heavy atom. The van der Waals surface area contributed by atoms with Crippen molar-refractivity contribution in [3.05, 3.63) is 33.8 Å². The molecular formula is C11H12Cl2N2O. The van der Waals surface area contributed by atoms with Crippen molar-refractivity contribution in [2.75, 3.05) is 13.6 Å². The highest BCUT2D eigenvalue weighted by atomic mass is 35.5. The largest absolute Gasteiger partial charge is 0.390 e. The van der Waals surface area contributed by atoms with Gasteiger partial charge in [0.2, 0.25) is 0 Å². The minimum atomic E-state index is 0.106. The van der Waals surface area contributed by atoms with Crippen molar-refractivity contribution in [1.82, 2.24) is 5.32 Å². The third kappa shape index (κ3) is 2.48. The van der Waals surface area contributed by atoms with Crippen LogP contribution in [0.4, 0.5) is 0 Å². The molecule has 0 aromatic heterocycles. The number of oxime groups is 1. The minimum absolute atomic E-state index is 0.106. The maximum atomic E-state index is 5.95. The molecule has 3 nitrogen and oxygen atoms in total. The first-order chi connectivity index (χ1) is 7.70. The fourth-order valence-corrected chi connectivity index (χ4v) is 1.91. The van der Waals surface area contributed by atoms with Crippen molar-refractivity contribution in [1.29, 1.82) is 0 Å².